The number of carbonyl (C=O) groups excluding carboxylic acids is 1. The molecule has 25 heavy (non-hydrogen) atoms. The quantitative estimate of drug-likeness (QED) is 0.376. The number of allylic oxidation sites excluding steroid dienone is 2. The molecule has 136 valence electrons. The summed E-state index contributed by atoms with van der Waals surface area (Å²) in [6.07, 6.45) is 20.3. The third-order valence-electron chi connectivity index (χ3n) is 8.88. The van der Waals surface area contributed by atoms with E-state index in [2.05, 4.69) is 31.9 Å². The van der Waals surface area contributed by atoms with E-state index in [4.69, 9.17) is 11.2 Å². The number of terminal acetylenes is 1. The first-order valence-corrected chi connectivity index (χ1v) is 10.2. The number of hydrogen-bond acceptors (Lipinski definition) is 2. The van der Waals surface area contributed by atoms with Crippen LogP contribution in [0.5, 0.6) is 0 Å². The van der Waals surface area contributed by atoms with Crippen LogP contribution in [0.2, 0.25) is 0 Å². The maximum Gasteiger partial charge on any atom is 0.304 e. The fourth-order valence-corrected chi connectivity index (χ4v) is 7.52. The number of carbonyl (C=O) groups is 1. The fourth-order valence-electron chi connectivity index (χ4n) is 7.52. The Hall–Kier alpha value is -1.23. The molecule has 0 aromatic rings. The van der Waals surface area contributed by atoms with Crippen molar-refractivity contribution in [1.29, 1.82) is 0 Å². The average Bonchev–Trinajstić information content (AvgIpc) is 2.87. The van der Waals surface area contributed by atoms with Gasteiger partial charge in [0.05, 0.1) is 0 Å². The molecule has 0 heterocycles. The van der Waals surface area contributed by atoms with Crippen LogP contribution >= 0.6 is 0 Å². The van der Waals surface area contributed by atoms with Crippen molar-refractivity contribution in [2.24, 2.45) is 34.5 Å². The van der Waals surface area contributed by atoms with Gasteiger partial charge in [-0.15, -0.1) is 6.42 Å². The highest BCUT2D eigenvalue weighted by molar-refractivity contribution is 5.67. The minimum Gasteiger partial charge on any atom is -0.445 e. The Labute approximate surface area is 152 Å². The first-order chi connectivity index (χ1) is 11.9. The standard InChI is InChI=1S/C23H32O2/c1-5-23(25-16(2)24)15-12-20-18-10-9-17-8-6-7-13-21(17,3)19(18)11-14-22(20,23)4/h1,6-7,17-20H,8-15H2,2-4H3/t17?,18-,19+,20+,21+,22+,23+/m1/s1. The molecule has 4 aliphatic carbocycles. The first-order valence-electron chi connectivity index (χ1n) is 10.2. The number of ether oxygens (including phenoxy) is 1. The van der Waals surface area contributed by atoms with E-state index in [0.717, 1.165) is 37.0 Å². The van der Waals surface area contributed by atoms with Crippen LogP contribution in [-0.4, -0.2) is 11.6 Å². The number of esters is 1. The molecular formula is C23H32O2. The molecule has 0 aliphatic heterocycles. The smallest absolute Gasteiger partial charge is 0.304 e. The average molecular weight is 341 g/mol. The second-order valence-corrected chi connectivity index (χ2v) is 9.63. The molecule has 0 aromatic heterocycles. The Morgan fingerprint density at radius 1 is 1.12 bits per heavy atom. The van der Waals surface area contributed by atoms with Gasteiger partial charge in [0, 0.05) is 12.3 Å². The summed E-state index contributed by atoms with van der Waals surface area (Å²) in [5.41, 5.74) is -0.275. The predicted molar refractivity (Wildman–Crippen MR) is 99.6 cm³/mol. The fraction of sp³-hybridized carbons (Fsp3) is 0.783. The Morgan fingerprint density at radius 3 is 2.60 bits per heavy atom. The normalized spacial score (nSPS) is 51.0. The van der Waals surface area contributed by atoms with E-state index in [0.29, 0.717) is 11.3 Å². The van der Waals surface area contributed by atoms with Crippen LogP contribution in [-0.2, 0) is 9.53 Å². The van der Waals surface area contributed by atoms with E-state index in [-0.39, 0.29) is 11.4 Å². The molecule has 2 heteroatoms. The SMILES string of the molecule is C#C[C@]1(OC(C)=O)CC[C@H]2[C@@H]3CCC4CC=CC[C@]4(C)[C@H]3CC[C@@]21C. The molecule has 7 atom stereocenters. The zero-order valence-electron chi connectivity index (χ0n) is 16.0. The maximum absolute atomic E-state index is 11.8. The summed E-state index contributed by atoms with van der Waals surface area (Å²) in [7, 11) is 0. The summed E-state index contributed by atoms with van der Waals surface area (Å²) in [5, 5.41) is 0. The van der Waals surface area contributed by atoms with Crippen LogP contribution in [0.25, 0.3) is 0 Å². The van der Waals surface area contributed by atoms with Crippen molar-refractivity contribution < 1.29 is 9.53 Å². The van der Waals surface area contributed by atoms with E-state index >= 15 is 0 Å². The predicted octanol–water partition coefficient (Wildman–Crippen LogP) is 5.13. The minimum absolute atomic E-state index is 0.0533. The molecule has 2 nitrogen and oxygen atoms in total. The van der Waals surface area contributed by atoms with Gasteiger partial charge in [0.25, 0.3) is 0 Å². The van der Waals surface area contributed by atoms with Gasteiger partial charge < -0.3 is 4.74 Å². The van der Waals surface area contributed by atoms with Gasteiger partial charge in [0.15, 0.2) is 5.60 Å². The van der Waals surface area contributed by atoms with Crippen LogP contribution in [0.4, 0.5) is 0 Å². The molecule has 3 fully saturated rings. The zero-order chi connectivity index (χ0) is 17.9. The highest BCUT2D eigenvalue weighted by Crippen LogP contribution is 2.68. The van der Waals surface area contributed by atoms with Gasteiger partial charge in [0.1, 0.15) is 0 Å². The van der Waals surface area contributed by atoms with Crippen molar-refractivity contribution in [3.05, 3.63) is 12.2 Å². The molecular weight excluding hydrogens is 308 g/mol. The second-order valence-electron chi connectivity index (χ2n) is 9.63. The molecule has 0 aromatic carbocycles. The lowest BCUT2D eigenvalue weighted by atomic mass is 9.45. The van der Waals surface area contributed by atoms with Crippen molar-refractivity contribution in [3.8, 4) is 12.3 Å². The third kappa shape index (κ3) is 2.20. The molecule has 3 saturated carbocycles. The lowest BCUT2D eigenvalue weighted by molar-refractivity contribution is -0.172. The van der Waals surface area contributed by atoms with Gasteiger partial charge in [-0.05, 0) is 80.5 Å². The number of rotatable bonds is 1. The van der Waals surface area contributed by atoms with Crippen LogP contribution in [0.1, 0.15) is 72.1 Å². The molecule has 1 unspecified atom stereocenters. The van der Waals surface area contributed by atoms with Gasteiger partial charge in [-0.1, -0.05) is 31.9 Å². The van der Waals surface area contributed by atoms with E-state index in [1.807, 2.05) is 0 Å². The number of fused-ring (bicyclic) bond motifs is 5. The molecule has 4 rings (SSSR count). The Bertz CT molecular complexity index is 643. The Kier molecular flexibility index (Phi) is 3.87. The lowest BCUT2D eigenvalue weighted by Gasteiger charge is -2.60. The first kappa shape index (κ1) is 17.2. The van der Waals surface area contributed by atoms with E-state index in [1.54, 1.807) is 0 Å². The Morgan fingerprint density at radius 2 is 1.88 bits per heavy atom. The van der Waals surface area contributed by atoms with E-state index in [9.17, 15) is 4.79 Å². The summed E-state index contributed by atoms with van der Waals surface area (Å²) in [6, 6.07) is 0. The summed E-state index contributed by atoms with van der Waals surface area (Å²) < 4.78 is 5.85. The maximum atomic E-state index is 11.8. The topological polar surface area (TPSA) is 26.3 Å². The van der Waals surface area contributed by atoms with Crippen molar-refractivity contribution >= 4 is 5.97 Å². The van der Waals surface area contributed by atoms with Crippen molar-refractivity contribution in [2.45, 2.75) is 77.7 Å². The summed E-state index contributed by atoms with van der Waals surface area (Å²) in [5.74, 6) is 5.74. The van der Waals surface area contributed by atoms with Crippen LogP contribution in [0.3, 0.4) is 0 Å². The molecule has 0 radical (unpaired) electrons. The molecule has 0 bridgehead atoms. The molecule has 0 N–H and O–H groups in total. The largest absolute Gasteiger partial charge is 0.445 e. The van der Waals surface area contributed by atoms with Crippen LogP contribution < -0.4 is 0 Å². The third-order valence-corrected chi connectivity index (χ3v) is 8.88. The molecule has 0 amide bonds. The van der Waals surface area contributed by atoms with Gasteiger partial charge in [-0.2, -0.15) is 0 Å². The second kappa shape index (κ2) is 5.63. The summed E-state index contributed by atoms with van der Waals surface area (Å²) in [4.78, 5) is 11.8. The molecule has 0 saturated heterocycles. The van der Waals surface area contributed by atoms with Gasteiger partial charge in [-0.25, -0.2) is 0 Å². The van der Waals surface area contributed by atoms with Gasteiger partial charge in [-0.3, -0.25) is 4.79 Å². The van der Waals surface area contributed by atoms with Crippen LogP contribution in [0.15, 0.2) is 12.2 Å². The highest BCUT2D eigenvalue weighted by atomic mass is 16.6. The van der Waals surface area contributed by atoms with Crippen molar-refractivity contribution in [2.75, 3.05) is 0 Å². The van der Waals surface area contributed by atoms with Gasteiger partial charge >= 0.3 is 5.97 Å². The zero-order valence-corrected chi connectivity index (χ0v) is 16.0. The molecule has 4 aliphatic rings. The summed E-state index contributed by atoms with van der Waals surface area (Å²) in [6.45, 7) is 6.37. The van der Waals surface area contributed by atoms with Gasteiger partial charge in [0.2, 0.25) is 0 Å². The van der Waals surface area contributed by atoms with Crippen LogP contribution in [0, 0.1) is 46.8 Å². The monoisotopic (exact) mass is 340 g/mol. The Balaban J connectivity index is 1.67. The summed E-state index contributed by atoms with van der Waals surface area (Å²) >= 11 is 0. The number of hydrogen-bond donors (Lipinski definition) is 0. The minimum atomic E-state index is -0.682. The van der Waals surface area contributed by atoms with Crippen molar-refractivity contribution in [1.82, 2.24) is 0 Å². The van der Waals surface area contributed by atoms with E-state index in [1.165, 1.54) is 39.0 Å². The molecule has 0 spiro atoms. The van der Waals surface area contributed by atoms with E-state index < -0.39 is 5.60 Å². The van der Waals surface area contributed by atoms with Crippen molar-refractivity contribution in [3.63, 3.8) is 0 Å². The lowest BCUT2D eigenvalue weighted by Crippen LogP contribution is -2.56. The highest BCUT2D eigenvalue weighted by Gasteiger charge is 2.65.